The summed E-state index contributed by atoms with van der Waals surface area (Å²) in [5.41, 5.74) is 3.04. The summed E-state index contributed by atoms with van der Waals surface area (Å²) >= 11 is 2.85. The van der Waals surface area contributed by atoms with Crippen LogP contribution in [0, 0.1) is 29.6 Å². The van der Waals surface area contributed by atoms with Gasteiger partial charge in [-0.2, -0.15) is 5.26 Å². The van der Waals surface area contributed by atoms with E-state index in [9.17, 15) is 10.1 Å². The highest BCUT2D eigenvalue weighted by Crippen LogP contribution is 2.44. The van der Waals surface area contributed by atoms with Gasteiger partial charge in [0.1, 0.15) is 17.7 Å². The molecule has 0 spiro atoms. The van der Waals surface area contributed by atoms with Crippen LogP contribution < -0.4 is 14.8 Å². The molecule has 0 fully saturated rings. The van der Waals surface area contributed by atoms with Gasteiger partial charge < -0.3 is 19.4 Å². The molecule has 1 amide bonds. The Kier molecular flexibility index (Phi) is 8.14. The lowest BCUT2D eigenvalue weighted by Gasteiger charge is -2.33. The Labute approximate surface area is 226 Å². The first-order valence-electron chi connectivity index (χ1n) is 12.2. The predicted molar refractivity (Wildman–Crippen MR) is 146 cm³/mol. The van der Waals surface area contributed by atoms with E-state index in [2.05, 4.69) is 42.4 Å². The minimum Gasteiger partial charge on any atom is -0.493 e. The van der Waals surface area contributed by atoms with Crippen LogP contribution in [0.15, 0.2) is 23.4 Å². The monoisotopic (exact) mass is 539 g/mol. The number of carbonyl (C=O) groups excluding carboxylic acids is 1. The van der Waals surface area contributed by atoms with Crippen molar-refractivity contribution in [2.45, 2.75) is 58.7 Å². The molecule has 10 heteroatoms. The van der Waals surface area contributed by atoms with Crippen molar-refractivity contribution < 1.29 is 14.3 Å². The number of aryl methyl sites for hydroxylation is 1. The van der Waals surface area contributed by atoms with Gasteiger partial charge in [0.15, 0.2) is 22.5 Å². The van der Waals surface area contributed by atoms with Crippen LogP contribution in [0.2, 0.25) is 0 Å². The highest BCUT2D eigenvalue weighted by atomic mass is 32.2. The molecule has 1 N–H and O–H groups in total. The molecule has 3 aromatic rings. The predicted octanol–water partition coefficient (Wildman–Crippen LogP) is 5.53. The van der Waals surface area contributed by atoms with E-state index in [4.69, 9.17) is 9.47 Å². The second-order valence-electron chi connectivity index (χ2n) is 10.4. The number of nitrogens with one attached hydrogen (secondary N) is 1. The number of thiophene rings is 1. The molecule has 1 aromatic carbocycles. The fourth-order valence-electron chi connectivity index (χ4n) is 4.46. The van der Waals surface area contributed by atoms with Gasteiger partial charge in [-0.1, -0.05) is 38.6 Å². The van der Waals surface area contributed by atoms with Crippen LogP contribution in [-0.2, 0) is 31.3 Å². The Hall–Kier alpha value is -3.03. The summed E-state index contributed by atoms with van der Waals surface area (Å²) < 4.78 is 13.1. The van der Waals surface area contributed by atoms with E-state index in [1.807, 2.05) is 36.7 Å². The smallest absolute Gasteiger partial charge is 0.235 e. The van der Waals surface area contributed by atoms with Gasteiger partial charge in [0.2, 0.25) is 5.91 Å². The second-order valence-corrected chi connectivity index (χ2v) is 12.4. The van der Waals surface area contributed by atoms with Crippen LogP contribution in [0.1, 0.15) is 54.6 Å². The Morgan fingerprint density at radius 1 is 1.32 bits per heavy atom. The number of benzene rings is 1. The first kappa shape index (κ1) is 27.0. The molecule has 1 aliphatic rings. The van der Waals surface area contributed by atoms with Crippen LogP contribution in [0.25, 0.3) is 0 Å². The van der Waals surface area contributed by atoms with Crippen LogP contribution >= 0.6 is 23.1 Å². The first-order valence-corrected chi connectivity index (χ1v) is 14.0. The summed E-state index contributed by atoms with van der Waals surface area (Å²) in [6.45, 7) is 9.02. The van der Waals surface area contributed by atoms with Gasteiger partial charge in [-0.05, 0) is 60.8 Å². The zero-order chi connectivity index (χ0) is 26.7. The maximum Gasteiger partial charge on any atom is 0.235 e. The van der Waals surface area contributed by atoms with Crippen LogP contribution in [-0.4, -0.2) is 33.5 Å². The maximum absolute atomic E-state index is 12.8. The maximum atomic E-state index is 12.8. The number of amides is 1. The number of nitriles is 1. The molecule has 2 heterocycles. The molecule has 0 bridgehead atoms. The van der Waals surface area contributed by atoms with Crippen molar-refractivity contribution in [3.8, 4) is 17.6 Å². The average Bonchev–Trinajstić information content (AvgIpc) is 3.39. The van der Waals surface area contributed by atoms with E-state index < -0.39 is 0 Å². The molecule has 1 atom stereocenters. The van der Waals surface area contributed by atoms with Crippen molar-refractivity contribution in [1.29, 1.82) is 5.26 Å². The van der Waals surface area contributed by atoms with Gasteiger partial charge in [-0.3, -0.25) is 4.79 Å². The molecular weight excluding hydrogens is 506 g/mol. The summed E-state index contributed by atoms with van der Waals surface area (Å²) in [6, 6.07) is 8.06. The van der Waals surface area contributed by atoms with Gasteiger partial charge in [0.25, 0.3) is 0 Å². The average molecular weight is 540 g/mol. The fraction of sp³-hybridized carbons (Fsp3) is 0.481. The topological polar surface area (TPSA) is 102 Å². The minimum absolute atomic E-state index is 0.163. The number of carbonyl (C=O) groups is 1. The number of methoxy groups -OCH3 is 1. The normalized spacial score (nSPS) is 15.1. The van der Waals surface area contributed by atoms with Gasteiger partial charge in [-0.15, -0.1) is 21.5 Å². The van der Waals surface area contributed by atoms with Gasteiger partial charge in [0, 0.05) is 11.9 Å². The molecule has 0 saturated heterocycles. The van der Waals surface area contributed by atoms with E-state index in [1.54, 1.807) is 18.4 Å². The quantitative estimate of drug-likeness (QED) is 0.376. The van der Waals surface area contributed by atoms with Gasteiger partial charge in [-0.25, -0.2) is 0 Å². The summed E-state index contributed by atoms with van der Waals surface area (Å²) in [4.78, 5) is 14.0. The summed E-state index contributed by atoms with van der Waals surface area (Å²) in [5.74, 6) is 2.50. The molecule has 196 valence electrons. The number of nitrogens with zero attached hydrogens (tertiary/aromatic N) is 4. The number of hydrogen-bond donors (Lipinski definition) is 1. The molecule has 0 aliphatic heterocycles. The van der Waals surface area contributed by atoms with Crippen molar-refractivity contribution >= 4 is 34.0 Å². The number of ether oxygens (including phenoxy) is 2. The first-order chi connectivity index (χ1) is 17.6. The molecule has 0 unspecified atom stereocenters. The SMILES string of the molecule is COc1cc(C)ccc1OCc1nnc(SCC(=O)Nc2sc3c(c2C#N)CC[C@@H](C(C)(C)C)C3)n1C. The Bertz CT molecular complexity index is 1330. The zero-order valence-electron chi connectivity index (χ0n) is 22.2. The van der Waals surface area contributed by atoms with E-state index in [1.165, 1.54) is 16.6 Å². The lowest BCUT2D eigenvalue weighted by Crippen LogP contribution is -2.26. The number of hydrogen-bond acceptors (Lipinski definition) is 8. The Morgan fingerprint density at radius 3 is 2.81 bits per heavy atom. The van der Waals surface area contributed by atoms with Crippen LogP contribution in [0.4, 0.5) is 5.00 Å². The molecule has 0 saturated carbocycles. The third-order valence-electron chi connectivity index (χ3n) is 6.79. The zero-order valence-corrected chi connectivity index (χ0v) is 23.8. The van der Waals surface area contributed by atoms with Crippen LogP contribution in [0.3, 0.4) is 0 Å². The van der Waals surface area contributed by atoms with E-state index in [-0.39, 0.29) is 23.7 Å². The lowest BCUT2D eigenvalue weighted by molar-refractivity contribution is -0.113. The van der Waals surface area contributed by atoms with E-state index in [0.29, 0.717) is 39.0 Å². The highest BCUT2D eigenvalue weighted by Gasteiger charge is 2.32. The number of rotatable bonds is 8. The fourth-order valence-corrected chi connectivity index (χ4v) is 6.48. The third-order valence-corrected chi connectivity index (χ3v) is 8.98. The van der Waals surface area contributed by atoms with Crippen molar-refractivity contribution in [3.63, 3.8) is 0 Å². The Balaban J connectivity index is 1.36. The molecule has 4 rings (SSSR count). The largest absolute Gasteiger partial charge is 0.493 e. The summed E-state index contributed by atoms with van der Waals surface area (Å²) in [5, 5.41) is 22.5. The van der Waals surface area contributed by atoms with Gasteiger partial charge in [0.05, 0.1) is 18.4 Å². The number of anilines is 1. The summed E-state index contributed by atoms with van der Waals surface area (Å²) in [6.07, 6.45) is 2.92. The molecular formula is C27H33N5O3S2. The molecule has 1 aliphatic carbocycles. The van der Waals surface area contributed by atoms with Gasteiger partial charge >= 0.3 is 0 Å². The van der Waals surface area contributed by atoms with Crippen molar-refractivity contribution in [2.75, 3.05) is 18.2 Å². The molecule has 8 nitrogen and oxygen atoms in total. The third kappa shape index (κ3) is 6.11. The van der Waals surface area contributed by atoms with Crippen molar-refractivity contribution in [2.24, 2.45) is 18.4 Å². The highest BCUT2D eigenvalue weighted by molar-refractivity contribution is 7.99. The van der Waals surface area contributed by atoms with Crippen molar-refractivity contribution in [3.05, 3.63) is 45.6 Å². The van der Waals surface area contributed by atoms with Crippen LogP contribution in [0.5, 0.6) is 11.5 Å². The number of aromatic nitrogens is 3. The molecule has 0 radical (unpaired) electrons. The number of fused-ring (bicyclic) bond motifs is 1. The van der Waals surface area contributed by atoms with E-state index in [0.717, 1.165) is 30.4 Å². The van der Waals surface area contributed by atoms with Crippen molar-refractivity contribution in [1.82, 2.24) is 14.8 Å². The molecule has 37 heavy (non-hydrogen) atoms. The Morgan fingerprint density at radius 2 is 2.11 bits per heavy atom. The lowest BCUT2D eigenvalue weighted by atomic mass is 9.72. The minimum atomic E-state index is -0.169. The standard InChI is InChI=1S/C27H33N5O3S2/c1-16-7-10-20(21(11-16)34-6)35-14-23-30-31-26(32(23)5)36-15-24(33)29-25-19(13-28)18-9-8-17(27(2,3)4)12-22(18)37-25/h7,10-11,17H,8-9,12,14-15H2,1-6H3,(H,29,33)/t17-/m1/s1. The molecule has 2 aromatic heterocycles. The second kappa shape index (κ2) is 11.2. The van der Waals surface area contributed by atoms with E-state index >= 15 is 0 Å². The number of thioether (sulfide) groups is 1. The summed E-state index contributed by atoms with van der Waals surface area (Å²) in [7, 11) is 3.45.